The van der Waals surface area contributed by atoms with Crippen LogP contribution in [0.2, 0.25) is 0 Å². The van der Waals surface area contributed by atoms with Gasteiger partial charge in [-0.05, 0) is 30.7 Å². The van der Waals surface area contributed by atoms with Crippen LogP contribution < -0.4 is 14.8 Å². The van der Waals surface area contributed by atoms with Crippen LogP contribution in [0.15, 0.2) is 48.5 Å². The molecule has 0 fully saturated rings. The number of nitrogens with one attached hydrogen (secondary N) is 2. The average Bonchev–Trinajstić information content (AvgIpc) is 3.01. The van der Waals surface area contributed by atoms with E-state index < -0.39 is 0 Å². The summed E-state index contributed by atoms with van der Waals surface area (Å²) in [5.74, 6) is 1.01. The van der Waals surface area contributed by atoms with E-state index in [2.05, 4.69) is 43.2 Å². The van der Waals surface area contributed by atoms with Gasteiger partial charge < -0.3 is 19.8 Å². The number of aromatic nitrogens is 1. The Bertz CT molecular complexity index is 944. The highest BCUT2D eigenvalue weighted by Crippen LogP contribution is 2.33. The Morgan fingerprint density at radius 3 is 2.48 bits per heavy atom. The van der Waals surface area contributed by atoms with Crippen LogP contribution in [0.3, 0.4) is 0 Å². The normalized spacial score (nSPS) is 11.4. The Morgan fingerprint density at radius 2 is 1.74 bits per heavy atom. The van der Waals surface area contributed by atoms with Crippen LogP contribution in [0.5, 0.6) is 11.5 Å². The maximum Gasteiger partial charge on any atom is 0.257 e. The molecule has 0 bridgehead atoms. The summed E-state index contributed by atoms with van der Waals surface area (Å²) < 4.78 is 10.8. The van der Waals surface area contributed by atoms with Gasteiger partial charge in [0.15, 0.2) is 18.1 Å². The number of hydrogen-bond acceptors (Lipinski definition) is 3. The summed E-state index contributed by atoms with van der Waals surface area (Å²) in [5, 5.41) is 4.19. The molecule has 2 aromatic carbocycles. The summed E-state index contributed by atoms with van der Waals surface area (Å²) in [7, 11) is 1.58. The minimum Gasteiger partial charge on any atom is -0.493 e. The van der Waals surface area contributed by atoms with Crippen molar-refractivity contribution in [2.45, 2.75) is 26.2 Å². The molecular formula is C22H26N2O3. The van der Waals surface area contributed by atoms with E-state index in [1.54, 1.807) is 19.2 Å². The molecule has 0 aliphatic rings. The molecule has 142 valence electrons. The Hall–Kier alpha value is -2.95. The Balaban J connectivity index is 1.64. The Morgan fingerprint density at radius 1 is 1.07 bits per heavy atom. The molecule has 0 radical (unpaired) electrons. The fourth-order valence-corrected chi connectivity index (χ4v) is 3.49. The zero-order chi connectivity index (χ0) is 19.4. The first-order valence-electron chi connectivity index (χ1n) is 9.02. The van der Waals surface area contributed by atoms with Gasteiger partial charge in [-0.25, -0.2) is 0 Å². The van der Waals surface area contributed by atoms with Gasteiger partial charge in [0.05, 0.1) is 7.11 Å². The third-order valence-corrected chi connectivity index (χ3v) is 4.73. The van der Waals surface area contributed by atoms with Crippen LogP contribution in [0.25, 0.3) is 10.9 Å². The third kappa shape index (κ3) is 4.08. The van der Waals surface area contributed by atoms with Gasteiger partial charge in [0.2, 0.25) is 0 Å². The van der Waals surface area contributed by atoms with Crippen LogP contribution in [0, 0.1) is 6.92 Å². The molecule has 0 saturated carbocycles. The van der Waals surface area contributed by atoms with Crippen molar-refractivity contribution in [3.63, 3.8) is 0 Å². The van der Waals surface area contributed by atoms with Gasteiger partial charge in [-0.3, -0.25) is 4.79 Å². The summed E-state index contributed by atoms with van der Waals surface area (Å²) >= 11 is 0. The van der Waals surface area contributed by atoms with E-state index in [4.69, 9.17) is 9.47 Å². The number of methoxy groups -OCH3 is 1. The van der Waals surface area contributed by atoms with E-state index in [1.807, 2.05) is 24.3 Å². The minimum atomic E-state index is -0.218. The Labute approximate surface area is 159 Å². The van der Waals surface area contributed by atoms with Gasteiger partial charge in [-0.1, -0.05) is 44.2 Å². The second-order valence-corrected chi connectivity index (χ2v) is 7.27. The largest absolute Gasteiger partial charge is 0.493 e. The molecule has 2 N–H and O–H groups in total. The van der Waals surface area contributed by atoms with Gasteiger partial charge in [0.1, 0.15) is 0 Å². The maximum absolute atomic E-state index is 12.3. The first-order valence-corrected chi connectivity index (χ1v) is 9.02. The van der Waals surface area contributed by atoms with E-state index in [-0.39, 0.29) is 17.9 Å². The van der Waals surface area contributed by atoms with E-state index in [1.165, 1.54) is 10.9 Å². The lowest BCUT2D eigenvalue weighted by molar-refractivity contribution is -0.123. The van der Waals surface area contributed by atoms with Gasteiger partial charge in [-0.2, -0.15) is 0 Å². The number of rotatable bonds is 7. The fourth-order valence-electron chi connectivity index (χ4n) is 3.49. The van der Waals surface area contributed by atoms with E-state index in [9.17, 15) is 4.79 Å². The summed E-state index contributed by atoms with van der Waals surface area (Å²) in [6.45, 7) is 6.81. The topological polar surface area (TPSA) is 63.4 Å². The summed E-state index contributed by atoms with van der Waals surface area (Å²) in [4.78, 5) is 15.7. The SMILES string of the molecule is COc1ccccc1OCC(=O)NCC(C)(C)c1c(C)[nH]c2ccccc12. The zero-order valence-corrected chi connectivity index (χ0v) is 16.3. The maximum atomic E-state index is 12.3. The predicted octanol–water partition coefficient (Wildman–Crippen LogP) is 3.96. The molecule has 5 heteroatoms. The van der Waals surface area contributed by atoms with Crippen molar-refractivity contribution >= 4 is 16.8 Å². The molecule has 3 rings (SSSR count). The number of aryl methyl sites for hydroxylation is 1. The summed E-state index contributed by atoms with van der Waals surface area (Å²) in [6, 6.07) is 15.5. The highest BCUT2D eigenvalue weighted by atomic mass is 16.5. The van der Waals surface area contributed by atoms with Crippen LogP contribution in [0.1, 0.15) is 25.1 Å². The molecule has 5 nitrogen and oxygen atoms in total. The molecule has 0 aliphatic carbocycles. The number of benzene rings is 2. The number of para-hydroxylation sites is 3. The zero-order valence-electron chi connectivity index (χ0n) is 16.3. The van der Waals surface area contributed by atoms with Gasteiger partial charge in [0, 0.05) is 28.6 Å². The number of ether oxygens (including phenoxy) is 2. The highest BCUT2D eigenvalue weighted by Gasteiger charge is 2.27. The van der Waals surface area contributed by atoms with Crippen molar-refractivity contribution in [3.8, 4) is 11.5 Å². The fraction of sp³-hybridized carbons (Fsp3) is 0.318. The number of H-pyrrole nitrogens is 1. The van der Waals surface area contributed by atoms with Crippen molar-refractivity contribution in [3.05, 3.63) is 59.8 Å². The van der Waals surface area contributed by atoms with Crippen LogP contribution >= 0.6 is 0 Å². The number of fused-ring (bicyclic) bond motifs is 1. The van der Waals surface area contributed by atoms with Crippen LogP contribution in [0.4, 0.5) is 0 Å². The molecule has 3 aromatic rings. The molecule has 0 atom stereocenters. The molecule has 27 heavy (non-hydrogen) atoms. The smallest absolute Gasteiger partial charge is 0.257 e. The summed E-state index contributed by atoms with van der Waals surface area (Å²) in [5.41, 5.74) is 3.25. The monoisotopic (exact) mass is 366 g/mol. The molecule has 0 unspecified atom stereocenters. The number of amides is 1. The second kappa shape index (κ2) is 7.74. The molecule has 0 aliphatic heterocycles. The van der Waals surface area contributed by atoms with E-state index in [0.717, 1.165) is 11.2 Å². The molecule has 1 heterocycles. The predicted molar refractivity (Wildman–Crippen MR) is 108 cm³/mol. The number of carbonyl (C=O) groups is 1. The molecular weight excluding hydrogens is 340 g/mol. The second-order valence-electron chi connectivity index (χ2n) is 7.27. The van der Waals surface area contributed by atoms with E-state index in [0.29, 0.717) is 18.0 Å². The average molecular weight is 366 g/mol. The van der Waals surface area contributed by atoms with Crippen molar-refractivity contribution < 1.29 is 14.3 Å². The Kier molecular flexibility index (Phi) is 5.40. The lowest BCUT2D eigenvalue weighted by Crippen LogP contribution is -2.39. The lowest BCUT2D eigenvalue weighted by atomic mass is 9.82. The van der Waals surface area contributed by atoms with Crippen molar-refractivity contribution in [1.29, 1.82) is 0 Å². The summed E-state index contributed by atoms with van der Waals surface area (Å²) in [6.07, 6.45) is 0. The van der Waals surface area contributed by atoms with Gasteiger partial charge >= 0.3 is 0 Å². The van der Waals surface area contributed by atoms with Gasteiger partial charge in [0.25, 0.3) is 5.91 Å². The number of aromatic amines is 1. The number of carbonyl (C=O) groups excluding carboxylic acids is 1. The lowest BCUT2D eigenvalue weighted by Gasteiger charge is -2.26. The highest BCUT2D eigenvalue weighted by molar-refractivity contribution is 5.86. The van der Waals surface area contributed by atoms with Crippen LogP contribution in [-0.4, -0.2) is 31.2 Å². The quantitative estimate of drug-likeness (QED) is 0.665. The minimum absolute atomic E-state index is 0.0523. The molecule has 1 aromatic heterocycles. The van der Waals surface area contributed by atoms with Crippen molar-refractivity contribution in [2.75, 3.05) is 20.3 Å². The first-order chi connectivity index (χ1) is 12.9. The van der Waals surface area contributed by atoms with Crippen molar-refractivity contribution in [2.24, 2.45) is 0 Å². The van der Waals surface area contributed by atoms with Crippen LogP contribution in [-0.2, 0) is 10.2 Å². The standard InChI is InChI=1S/C22H26N2O3/c1-15-21(16-9-5-6-10-17(16)24-15)22(2,3)14-23-20(25)13-27-19-12-8-7-11-18(19)26-4/h5-12,24H,13-14H2,1-4H3,(H,23,25). The van der Waals surface area contributed by atoms with Crippen molar-refractivity contribution in [1.82, 2.24) is 10.3 Å². The number of hydrogen-bond donors (Lipinski definition) is 2. The molecule has 0 saturated heterocycles. The first kappa shape index (κ1) is 18.8. The third-order valence-electron chi connectivity index (χ3n) is 4.73. The molecule has 1 amide bonds. The molecule has 0 spiro atoms. The van der Waals surface area contributed by atoms with E-state index >= 15 is 0 Å². The van der Waals surface area contributed by atoms with Gasteiger partial charge in [-0.15, -0.1) is 0 Å².